The van der Waals surface area contributed by atoms with E-state index in [0.717, 1.165) is 18.1 Å². The molecule has 10 heteroatoms. The number of rotatable bonds is 16. The average Bonchev–Trinajstić information content (AvgIpc) is 2.84. The maximum Gasteiger partial charge on any atom is 0.312 e. The molecular formula is C28H61N5O4S. The number of carbonyl (C=O) groups is 4. The van der Waals surface area contributed by atoms with Crippen LogP contribution < -0.4 is 27.0 Å². The van der Waals surface area contributed by atoms with Crippen LogP contribution in [0.15, 0.2) is 0 Å². The highest BCUT2D eigenvalue weighted by Gasteiger charge is 2.27. The Bertz CT molecular complexity index is 590. The van der Waals surface area contributed by atoms with Crippen LogP contribution in [0.3, 0.4) is 0 Å². The van der Waals surface area contributed by atoms with Gasteiger partial charge in [-0.3, -0.25) is 14.4 Å². The number of primary amides is 1. The average molecular weight is 564 g/mol. The number of ketones is 1. The quantitative estimate of drug-likeness (QED) is 0.139. The van der Waals surface area contributed by atoms with Gasteiger partial charge in [0.2, 0.25) is 5.91 Å². The van der Waals surface area contributed by atoms with Crippen LogP contribution >= 0.6 is 11.8 Å². The summed E-state index contributed by atoms with van der Waals surface area (Å²) in [7, 11) is 0. The molecule has 0 fully saturated rings. The lowest BCUT2D eigenvalue weighted by atomic mass is 9.96. The van der Waals surface area contributed by atoms with Gasteiger partial charge in [-0.05, 0) is 57.4 Å². The van der Waals surface area contributed by atoms with Gasteiger partial charge >= 0.3 is 6.03 Å². The van der Waals surface area contributed by atoms with Crippen LogP contribution in [0.5, 0.6) is 0 Å². The molecule has 0 aromatic carbocycles. The van der Waals surface area contributed by atoms with Gasteiger partial charge in [-0.25, -0.2) is 4.79 Å². The van der Waals surface area contributed by atoms with Crippen LogP contribution in [0.25, 0.3) is 0 Å². The summed E-state index contributed by atoms with van der Waals surface area (Å²) in [6.07, 6.45) is 4.06. The minimum Gasteiger partial charge on any atom is -0.352 e. The lowest BCUT2D eigenvalue weighted by Gasteiger charge is -2.25. The number of hydrogen-bond acceptors (Lipinski definition) is 7. The van der Waals surface area contributed by atoms with E-state index >= 15 is 0 Å². The first-order chi connectivity index (χ1) is 17.8. The van der Waals surface area contributed by atoms with Crippen molar-refractivity contribution in [2.45, 2.75) is 114 Å². The summed E-state index contributed by atoms with van der Waals surface area (Å²) in [5.74, 6) is 0.613. The molecule has 0 rings (SSSR count). The molecule has 6 N–H and O–H groups in total. The zero-order valence-corrected chi connectivity index (χ0v) is 27.2. The molecule has 0 aliphatic heterocycles. The van der Waals surface area contributed by atoms with E-state index in [9.17, 15) is 14.4 Å². The SMILES string of the molecule is CC.CCNC(C(=O)NC(CCCNC(N)=O)C(=O)C(C)C)C(C)C.CCNC(C)CC(C)C.CSC=O. The fourth-order valence-corrected chi connectivity index (χ4v) is 3.46. The van der Waals surface area contributed by atoms with E-state index in [1.54, 1.807) is 6.26 Å². The van der Waals surface area contributed by atoms with Crippen molar-refractivity contribution >= 4 is 35.1 Å². The first-order valence-electron chi connectivity index (χ1n) is 14.1. The number of nitrogens with one attached hydrogen (secondary N) is 4. The number of thioether (sulfide) groups is 1. The molecule has 0 saturated heterocycles. The van der Waals surface area contributed by atoms with Crippen LogP contribution in [0.1, 0.15) is 95.4 Å². The predicted octanol–water partition coefficient (Wildman–Crippen LogP) is 4.38. The molecular weight excluding hydrogens is 502 g/mol. The Morgan fingerprint density at radius 3 is 1.76 bits per heavy atom. The highest BCUT2D eigenvalue weighted by molar-refractivity contribution is 8.11. The van der Waals surface area contributed by atoms with Gasteiger partial charge in [-0.2, -0.15) is 0 Å². The Balaban J connectivity index is -0.000000316. The molecule has 0 heterocycles. The molecule has 0 bridgehead atoms. The number of amides is 3. The van der Waals surface area contributed by atoms with Gasteiger partial charge in [-0.1, -0.05) is 81.0 Å². The maximum atomic E-state index is 12.4. The van der Waals surface area contributed by atoms with Gasteiger partial charge in [0.15, 0.2) is 11.4 Å². The molecule has 0 aliphatic carbocycles. The van der Waals surface area contributed by atoms with Crippen LogP contribution in [-0.2, 0) is 14.4 Å². The second kappa shape index (κ2) is 29.9. The lowest BCUT2D eigenvalue weighted by Crippen LogP contribution is -2.53. The first-order valence-corrected chi connectivity index (χ1v) is 15.4. The lowest BCUT2D eigenvalue weighted by molar-refractivity contribution is -0.131. The van der Waals surface area contributed by atoms with E-state index in [-0.39, 0.29) is 29.6 Å². The highest BCUT2D eigenvalue weighted by atomic mass is 32.2. The van der Waals surface area contributed by atoms with Crippen molar-refractivity contribution in [3.05, 3.63) is 0 Å². The van der Waals surface area contributed by atoms with Crippen molar-refractivity contribution in [3.8, 4) is 0 Å². The first kappa shape index (κ1) is 43.4. The molecule has 3 amide bonds. The normalized spacial score (nSPS) is 12.5. The van der Waals surface area contributed by atoms with E-state index in [0.29, 0.717) is 32.0 Å². The Hall–Kier alpha value is -1.65. The van der Waals surface area contributed by atoms with Crippen molar-refractivity contribution in [3.63, 3.8) is 0 Å². The molecule has 0 aromatic rings. The second-order valence-corrected chi connectivity index (χ2v) is 10.4. The summed E-state index contributed by atoms with van der Waals surface area (Å²) in [4.78, 5) is 44.5. The number of nitrogens with two attached hydrogens (primary N) is 1. The number of hydrogen-bond donors (Lipinski definition) is 5. The Morgan fingerprint density at radius 2 is 1.42 bits per heavy atom. The van der Waals surface area contributed by atoms with Gasteiger partial charge in [0, 0.05) is 18.5 Å². The zero-order valence-electron chi connectivity index (χ0n) is 26.4. The van der Waals surface area contributed by atoms with Crippen molar-refractivity contribution in [2.24, 2.45) is 23.5 Å². The van der Waals surface area contributed by atoms with Gasteiger partial charge in [-0.15, -0.1) is 0 Å². The van der Waals surface area contributed by atoms with Crippen LogP contribution in [0, 0.1) is 17.8 Å². The molecule has 38 heavy (non-hydrogen) atoms. The fraction of sp³-hybridized carbons (Fsp3) is 0.857. The molecule has 3 unspecified atom stereocenters. The third-order valence-corrected chi connectivity index (χ3v) is 5.24. The summed E-state index contributed by atoms with van der Waals surface area (Å²) < 4.78 is 0. The van der Waals surface area contributed by atoms with E-state index in [1.165, 1.54) is 18.2 Å². The molecule has 0 aromatic heterocycles. The van der Waals surface area contributed by atoms with E-state index in [1.807, 2.05) is 48.5 Å². The molecule has 0 spiro atoms. The van der Waals surface area contributed by atoms with Gasteiger partial charge in [0.25, 0.3) is 0 Å². The smallest absolute Gasteiger partial charge is 0.312 e. The monoisotopic (exact) mass is 563 g/mol. The minimum atomic E-state index is -0.590. The molecule has 0 radical (unpaired) electrons. The zero-order chi connectivity index (χ0) is 30.7. The standard InChI is InChI=1S/C16H32N4O3.C8H19N.C2H4OS.C2H6/c1-6-18-13(10(2)3)15(22)20-12(14(21)11(4)5)8-7-9-19-16(17)23;1-5-9-8(4)6-7(2)3;1-4-2-3;1-2/h10-13,18H,6-9H2,1-5H3,(H,20,22)(H3,17,19,23);7-9H,5-6H2,1-4H3;2H,1H3;1-2H3. The minimum absolute atomic E-state index is 0.00331. The molecule has 228 valence electrons. The number of likely N-dealkylation sites (N-methyl/N-ethyl adjacent to an activating group) is 1. The Kier molecular flexibility index (Phi) is 34.2. The van der Waals surface area contributed by atoms with E-state index < -0.39 is 12.1 Å². The van der Waals surface area contributed by atoms with Gasteiger partial charge < -0.3 is 27.0 Å². The maximum absolute atomic E-state index is 12.4. The molecule has 0 saturated carbocycles. The highest BCUT2D eigenvalue weighted by Crippen LogP contribution is 2.09. The molecule has 3 atom stereocenters. The van der Waals surface area contributed by atoms with Crippen LogP contribution in [-0.4, -0.2) is 67.4 Å². The summed E-state index contributed by atoms with van der Waals surface area (Å²) in [5, 5.41) is 11.9. The van der Waals surface area contributed by atoms with Gasteiger partial charge in [0.1, 0.15) is 0 Å². The largest absolute Gasteiger partial charge is 0.352 e. The predicted molar refractivity (Wildman–Crippen MR) is 165 cm³/mol. The Morgan fingerprint density at radius 1 is 0.921 bits per heavy atom. The topological polar surface area (TPSA) is 142 Å². The summed E-state index contributed by atoms with van der Waals surface area (Å²) >= 11 is 1.18. The second-order valence-electron chi connectivity index (χ2n) is 9.75. The third-order valence-electron chi connectivity index (χ3n) is 5.04. The molecule has 9 nitrogen and oxygen atoms in total. The van der Waals surface area contributed by atoms with Crippen molar-refractivity contribution < 1.29 is 19.2 Å². The fourth-order valence-electron chi connectivity index (χ4n) is 3.46. The van der Waals surface area contributed by atoms with Crippen LogP contribution in [0.4, 0.5) is 4.79 Å². The Labute approximate surface area is 238 Å². The summed E-state index contributed by atoms with van der Waals surface area (Å²) in [5.41, 5.74) is 5.80. The van der Waals surface area contributed by atoms with E-state index in [2.05, 4.69) is 49.0 Å². The summed E-state index contributed by atoms with van der Waals surface area (Å²) in [6.45, 7) is 24.5. The number of Topliss-reactive ketones (excluding diaryl/α,β-unsaturated/α-hetero) is 1. The number of carbonyl (C=O) groups excluding carboxylic acids is 4. The van der Waals surface area contributed by atoms with E-state index in [4.69, 9.17) is 10.5 Å². The van der Waals surface area contributed by atoms with Crippen molar-refractivity contribution in [1.82, 2.24) is 21.3 Å². The van der Waals surface area contributed by atoms with Crippen molar-refractivity contribution in [1.29, 1.82) is 0 Å². The number of urea groups is 1. The van der Waals surface area contributed by atoms with Crippen molar-refractivity contribution in [2.75, 3.05) is 25.9 Å². The van der Waals surface area contributed by atoms with Crippen LogP contribution in [0.2, 0.25) is 0 Å². The third kappa shape index (κ3) is 28.9. The summed E-state index contributed by atoms with van der Waals surface area (Å²) in [6, 6.07) is -0.772. The van der Waals surface area contributed by atoms with Gasteiger partial charge in [0.05, 0.1) is 12.1 Å². The molecule has 0 aliphatic rings.